The Labute approximate surface area is 195 Å². The lowest BCUT2D eigenvalue weighted by Gasteiger charge is -2.25. The van der Waals surface area contributed by atoms with E-state index in [0.717, 1.165) is 6.08 Å². The number of carbonyl (C=O) groups is 4. The molecule has 0 saturated heterocycles. The lowest BCUT2D eigenvalue weighted by atomic mass is 10.0. The number of nitrogens with zero attached hydrogens (tertiary/aromatic N) is 1. The number of carbonyl (C=O) groups excluding carboxylic acids is 3. The van der Waals surface area contributed by atoms with Gasteiger partial charge in [-0.1, -0.05) is 37.2 Å². The molecule has 0 radical (unpaired) electrons. The fourth-order valence-corrected chi connectivity index (χ4v) is 2.99. The normalized spacial score (nSPS) is 12.9. The summed E-state index contributed by atoms with van der Waals surface area (Å²) in [5.74, 6) is -3.29. The van der Waals surface area contributed by atoms with Crippen LogP contribution >= 0.6 is 0 Å². The minimum absolute atomic E-state index is 0.0155. The molecule has 0 saturated carbocycles. The maximum atomic E-state index is 13.3. The quantitative estimate of drug-likeness (QED) is 0.359. The first-order valence-electron chi connectivity index (χ1n) is 10.5. The molecule has 0 bridgehead atoms. The van der Waals surface area contributed by atoms with E-state index in [0.29, 0.717) is 11.3 Å². The number of rotatable bonds is 11. The molecule has 4 N–H and O–H groups in total. The van der Waals surface area contributed by atoms with Gasteiger partial charge in [0.1, 0.15) is 23.7 Å². The summed E-state index contributed by atoms with van der Waals surface area (Å²) < 4.78 is 18.2. The molecule has 11 heteroatoms. The second kappa shape index (κ2) is 12.3. The number of aryl methyl sites for hydroxylation is 1. The largest absolute Gasteiger partial charge is 0.478 e. The first-order chi connectivity index (χ1) is 16.1. The lowest BCUT2D eigenvalue weighted by molar-refractivity contribution is -0.131. The number of carboxylic acid groups (broad SMARTS) is 1. The van der Waals surface area contributed by atoms with Crippen LogP contribution in [0.4, 0.5) is 4.39 Å². The summed E-state index contributed by atoms with van der Waals surface area (Å²) >= 11 is 0. The maximum Gasteiger partial charge on any atom is 0.328 e. The number of amides is 3. The van der Waals surface area contributed by atoms with Gasteiger partial charge >= 0.3 is 5.97 Å². The predicted molar refractivity (Wildman–Crippen MR) is 119 cm³/mol. The molecular formula is C23H27FN4O6. The number of hydrogen-bond acceptors (Lipinski definition) is 6. The number of aromatic nitrogens is 1. The number of nitrogens with one attached hydrogen (secondary N) is 3. The number of halogens is 1. The summed E-state index contributed by atoms with van der Waals surface area (Å²) in [5.41, 5.74) is 0.605. The Kier molecular flexibility index (Phi) is 9.48. The summed E-state index contributed by atoms with van der Waals surface area (Å²) in [5, 5.41) is 20.0. The van der Waals surface area contributed by atoms with E-state index in [9.17, 15) is 23.6 Å². The van der Waals surface area contributed by atoms with Crippen LogP contribution in [0, 0.1) is 18.7 Å². The van der Waals surface area contributed by atoms with E-state index in [-0.39, 0.29) is 24.6 Å². The van der Waals surface area contributed by atoms with Gasteiger partial charge in [-0.05, 0) is 30.5 Å². The van der Waals surface area contributed by atoms with Crippen LogP contribution in [0.3, 0.4) is 0 Å². The van der Waals surface area contributed by atoms with E-state index in [2.05, 4.69) is 21.1 Å². The average Bonchev–Trinajstić information content (AvgIpc) is 3.21. The molecule has 2 rings (SSSR count). The van der Waals surface area contributed by atoms with Crippen molar-refractivity contribution in [2.45, 2.75) is 39.3 Å². The number of carboxylic acids is 1. The van der Waals surface area contributed by atoms with E-state index in [1.54, 1.807) is 20.8 Å². The van der Waals surface area contributed by atoms with Crippen molar-refractivity contribution in [1.29, 1.82) is 0 Å². The smallest absolute Gasteiger partial charge is 0.328 e. The monoisotopic (exact) mass is 474 g/mol. The standard InChI is InChI=1S/C23H27FN4O6/c1-13(2)20(27-22(32)18-11-14(3)34-28-18)23(33)26-17(12-15-6-8-16(24)9-7-15)21(31)25-10-4-5-19(29)30/h4-9,11,13,17,20H,10,12H2,1-3H3,(H,25,31)(H,26,33)(H,27,32)(H,29,30)/b5-4+/t17-,20-/m0/s1. The first kappa shape index (κ1) is 26.2. The van der Waals surface area contributed by atoms with Gasteiger partial charge in [-0.25, -0.2) is 9.18 Å². The molecule has 2 aromatic rings. The van der Waals surface area contributed by atoms with E-state index >= 15 is 0 Å². The molecule has 0 aliphatic rings. The van der Waals surface area contributed by atoms with Crippen LogP contribution in [-0.2, 0) is 20.8 Å². The third kappa shape index (κ3) is 8.15. The van der Waals surface area contributed by atoms with Crippen molar-refractivity contribution in [3.05, 3.63) is 65.3 Å². The Morgan fingerprint density at radius 1 is 1.12 bits per heavy atom. The van der Waals surface area contributed by atoms with Gasteiger partial charge in [-0.15, -0.1) is 0 Å². The number of hydrogen-bond donors (Lipinski definition) is 4. The molecule has 3 amide bonds. The molecule has 0 fully saturated rings. The van der Waals surface area contributed by atoms with Crippen LogP contribution in [0.5, 0.6) is 0 Å². The highest BCUT2D eigenvalue weighted by Gasteiger charge is 2.29. The summed E-state index contributed by atoms with van der Waals surface area (Å²) in [6.45, 7) is 5.01. The van der Waals surface area contributed by atoms with E-state index in [1.807, 2.05) is 0 Å². The third-order valence-corrected chi connectivity index (χ3v) is 4.74. The van der Waals surface area contributed by atoms with Crippen LogP contribution in [0.25, 0.3) is 0 Å². The molecule has 0 spiro atoms. The van der Waals surface area contributed by atoms with E-state index in [4.69, 9.17) is 9.63 Å². The molecule has 1 heterocycles. The summed E-state index contributed by atoms with van der Waals surface area (Å²) in [6, 6.07) is 4.82. The molecule has 1 aromatic carbocycles. The van der Waals surface area contributed by atoms with Crippen molar-refractivity contribution < 1.29 is 33.2 Å². The van der Waals surface area contributed by atoms with Crippen LogP contribution in [0.15, 0.2) is 47.0 Å². The van der Waals surface area contributed by atoms with Gasteiger partial charge in [0, 0.05) is 25.1 Å². The highest BCUT2D eigenvalue weighted by molar-refractivity contribution is 5.97. The highest BCUT2D eigenvalue weighted by atomic mass is 19.1. The van der Waals surface area contributed by atoms with Crippen molar-refractivity contribution in [3.63, 3.8) is 0 Å². The van der Waals surface area contributed by atoms with Crippen molar-refractivity contribution in [3.8, 4) is 0 Å². The molecule has 34 heavy (non-hydrogen) atoms. The van der Waals surface area contributed by atoms with Crippen LogP contribution in [-0.4, -0.2) is 52.6 Å². The molecule has 0 aliphatic heterocycles. The Morgan fingerprint density at radius 3 is 2.35 bits per heavy atom. The Morgan fingerprint density at radius 2 is 1.79 bits per heavy atom. The van der Waals surface area contributed by atoms with Gasteiger partial charge in [0.05, 0.1) is 0 Å². The third-order valence-electron chi connectivity index (χ3n) is 4.74. The van der Waals surface area contributed by atoms with Crippen LogP contribution in [0.2, 0.25) is 0 Å². The zero-order valence-electron chi connectivity index (χ0n) is 19.0. The van der Waals surface area contributed by atoms with E-state index < -0.39 is 41.6 Å². The molecular weight excluding hydrogens is 447 g/mol. The Bertz CT molecular complexity index is 1050. The lowest BCUT2D eigenvalue weighted by Crippen LogP contribution is -2.56. The molecule has 0 unspecified atom stereocenters. The average molecular weight is 474 g/mol. The molecule has 1 aromatic heterocycles. The zero-order valence-corrected chi connectivity index (χ0v) is 19.0. The summed E-state index contributed by atoms with van der Waals surface area (Å²) in [7, 11) is 0. The molecule has 2 atom stereocenters. The SMILES string of the molecule is Cc1cc(C(=O)N[C@H](C(=O)N[C@@H](Cc2ccc(F)cc2)C(=O)NC/C=C/C(=O)O)C(C)C)no1. The summed E-state index contributed by atoms with van der Waals surface area (Å²) in [6.07, 6.45) is 2.17. The van der Waals surface area contributed by atoms with Gasteiger partial charge in [0.15, 0.2) is 5.69 Å². The second-order valence-electron chi connectivity index (χ2n) is 7.90. The van der Waals surface area contributed by atoms with Crippen LogP contribution < -0.4 is 16.0 Å². The van der Waals surface area contributed by atoms with Crippen molar-refractivity contribution in [2.24, 2.45) is 5.92 Å². The highest BCUT2D eigenvalue weighted by Crippen LogP contribution is 2.09. The number of aliphatic carboxylic acids is 1. The molecule has 0 aliphatic carbocycles. The second-order valence-corrected chi connectivity index (χ2v) is 7.90. The van der Waals surface area contributed by atoms with Gasteiger partial charge in [-0.2, -0.15) is 0 Å². The van der Waals surface area contributed by atoms with Gasteiger partial charge < -0.3 is 25.6 Å². The fraction of sp³-hybridized carbons (Fsp3) is 0.348. The molecule has 10 nitrogen and oxygen atoms in total. The van der Waals surface area contributed by atoms with Gasteiger partial charge in [0.2, 0.25) is 11.8 Å². The van der Waals surface area contributed by atoms with E-state index in [1.165, 1.54) is 36.4 Å². The van der Waals surface area contributed by atoms with Gasteiger partial charge in [0.25, 0.3) is 5.91 Å². The Balaban J connectivity index is 2.15. The minimum atomic E-state index is -1.16. The van der Waals surface area contributed by atoms with Crippen molar-refractivity contribution in [1.82, 2.24) is 21.1 Å². The molecule has 182 valence electrons. The maximum absolute atomic E-state index is 13.3. The van der Waals surface area contributed by atoms with Crippen molar-refractivity contribution >= 4 is 23.7 Å². The summed E-state index contributed by atoms with van der Waals surface area (Å²) in [4.78, 5) is 48.8. The fourth-order valence-electron chi connectivity index (χ4n) is 2.99. The Hall–Kier alpha value is -4.02. The predicted octanol–water partition coefficient (Wildman–Crippen LogP) is 1.36. The zero-order chi connectivity index (χ0) is 25.3. The number of benzene rings is 1. The minimum Gasteiger partial charge on any atom is -0.478 e. The topological polar surface area (TPSA) is 151 Å². The van der Waals surface area contributed by atoms with Gasteiger partial charge in [-0.3, -0.25) is 14.4 Å². The first-order valence-corrected chi connectivity index (χ1v) is 10.5. The van der Waals surface area contributed by atoms with Crippen molar-refractivity contribution in [2.75, 3.05) is 6.54 Å². The van der Waals surface area contributed by atoms with Crippen LogP contribution in [0.1, 0.15) is 35.7 Å².